The van der Waals surface area contributed by atoms with Crippen LogP contribution in [0.2, 0.25) is 0 Å². The van der Waals surface area contributed by atoms with Crippen LogP contribution in [0.4, 0.5) is 0 Å². The number of rotatable bonds is 67. The Balaban J connectivity index is 4.28. The second-order valence-electron chi connectivity index (χ2n) is 24.5. The first-order chi connectivity index (χ1) is 40.5. The minimum absolute atomic E-state index is 0.0837. The predicted molar refractivity (Wildman–Crippen MR) is 358 cm³/mol. The molecule has 1 atom stereocenters. The molecule has 478 valence electrons. The summed E-state index contributed by atoms with van der Waals surface area (Å²) in [5, 5.41) is 0. The molecule has 0 aliphatic rings. The van der Waals surface area contributed by atoms with E-state index in [1.165, 1.54) is 263 Å². The standard InChI is InChI=1S/C76H138O6/c1-4-7-10-13-16-19-22-25-28-30-32-34-36-37-38-40-41-43-45-48-51-54-57-60-63-66-69-75(78)81-72-73(71-80-74(77)68-65-62-59-56-53-50-47-27-24-21-18-15-12-9-6-3)82-76(79)70-67-64-61-58-55-52-49-46-44-42-39-35-33-31-29-26-23-20-17-14-11-8-5-2/h9,12,18,21,27,31,33,47,53,56,73H,4-8,10-11,13-17,19-20,22-26,28-30,32,34-46,48-52,54-55,57-72H2,1-3H3/b12-9-,21-18-,33-31-,47-27-,56-53-. The van der Waals surface area contributed by atoms with Crippen molar-refractivity contribution in [2.75, 3.05) is 13.2 Å². The summed E-state index contributed by atoms with van der Waals surface area (Å²) < 4.78 is 17.0. The number of ether oxygens (including phenoxy) is 3. The Hall–Kier alpha value is -2.89. The third-order valence-corrected chi connectivity index (χ3v) is 16.3. The monoisotopic (exact) mass is 1150 g/mol. The number of carbonyl (C=O) groups is 3. The summed E-state index contributed by atoms with van der Waals surface area (Å²) in [5.41, 5.74) is 0. The minimum atomic E-state index is -0.792. The first kappa shape index (κ1) is 79.1. The fourth-order valence-corrected chi connectivity index (χ4v) is 10.8. The smallest absolute Gasteiger partial charge is 0.306 e. The number of hydrogen-bond acceptors (Lipinski definition) is 6. The van der Waals surface area contributed by atoms with Gasteiger partial charge in [0, 0.05) is 19.3 Å². The van der Waals surface area contributed by atoms with Crippen LogP contribution >= 0.6 is 0 Å². The average Bonchev–Trinajstić information content (AvgIpc) is 3.47. The van der Waals surface area contributed by atoms with Crippen molar-refractivity contribution in [3.05, 3.63) is 60.8 Å². The molecule has 0 aliphatic heterocycles. The predicted octanol–water partition coefficient (Wildman–Crippen LogP) is 25.1. The van der Waals surface area contributed by atoms with Crippen molar-refractivity contribution in [2.45, 2.75) is 393 Å². The molecule has 0 amide bonds. The highest BCUT2D eigenvalue weighted by molar-refractivity contribution is 5.71. The molecule has 0 aromatic heterocycles. The van der Waals surface area contributed by atoms with Crippen molar-refractivity contribution < 1.29 is 28.6 Å². The molecule has 0 heterocycles. The molecule has 6 heteroatoms. The van der Waals surface area contributed by atoms with Crippen molar-refractivity contribution in [1.29, 1.82) is 0 Å². The van der Waals surface area contributed by atoms with Gasteiger partial charge >= 0.3 is 17.9 Å². The average molecular weight is 1150 g/mol. The maximum absolute atomic E-state index is 13.0. The highest BCUT2D eigenvalue weighted by atomic mass is 16.6. The first-order valence-electron chi connectivity index (χ1n) is 36.3. The second-order valence-corrected chi connectivity index (χ2v) is 24.5. The molecule has 0 bridgehead atoms. The third-order valence-electron chi connectivity index (χ3n) is 16.3. The molecule has 82 heavy (non-hydrogen) atoms. The van der Waals surface area contributed by atoms with Crippen molar-refractivity contribution >= 4 is 17.9 Å². The van der Waals surface area contributed by atoms with Gasteiger partial charge in [-0.1, -0.05) is 345 Å². The van der Waals surface area contributed by atoms with Gasteiger partial charge in [-0.2, -0.15) is 0 Å². The van der Waals surface area contributed by atoms with E-state index >= 15 is 0 Å². The number of allylic oxidation sites excluding steroid dienone is 10. The van der Waals surface area contributed by atoms with Crippen molar-refractivity contribution in [1.82, 2.24) is 0 Å². The fraction of sp³-hybridized carbons (Fsp3) is 0.829. The van der Waals surface area contributed by atoms with Crippen molar-refractivity contribution in [3.63, 3.8) is 0 Å². The van der Waals surface area contributed by atoms with Crippen LogP contribution in [0, 0.1) is 0 Å². The quantitative estimate of drug-likeness (QED) is 0.0261. The van der Waals surface area contributed by atoms with Crippen LogP contribution in [-0.4, -0.2) is 37.2 Å². The van der Waals surface area contributed by atoms with E-state index in [0.29, 0.717) is 19.3 Å². The Kier molecular flexibility index (Phi) is 68.1. The SMILES string of the molecule is CC/C=C\C/C=C\C/C=C\C/C=C\CCCCC(=O)OCC(COC(=O)CCCCCCCCCCCCCCCCCCCCCCCCCCCC)OC(=O)CCCCCCCCCCCCC/C=C\CCCCCCCCCC. The topological polar surface area (TPSA) is 78.9 Å². The van der Waals surface area contributed by atoms with Crippen LogP contribution in [-0.2, 0) is 28.6 Å². The van der Waals surface area contributed by atoms with E-state index in [1.54, 1.807) is 0 Å². The molecule has 0 aromatic carbocycles. The van der Waals surface area contributed by atoms with Gasteiger partial charge in [-0.25, -0.2) is 0 Å². The number of esters is 3. The molecule has 1 unspecified atom stereocenters. The van der Waals surface area contributed by atoms with Crippen LogP contribution in [0.5, 0.6) is 0 Å². The lowest BCUT2D eigenvalue weighted by Crippen LogP contribution is -2.30. The lowest BCUT2D eigenvalue weighted by molar-refractivity contribution is -0.167. The highest BCUT2D eigenvalue weighted by Crippen LogP contribution is 2.19. The van der Waals surface area contributed by atoms with Gasteiger partial charge in [0.1, 0.15) is 13.2 Å². The summed E-state index contributed by atoms with van der Waals surface area (Å²) in [4.78, 5) is 38.5. The molecule has 0 aliphatic carbocycles. The van der Waals surface area contributed by atoms with Crippen LogP contribution in [0.1, 0.15) is 387 Å². The molecular formula is C76H138O6. The zero-order valence-electron chi connectivity index (χ0n) is 55.0. The van der Waals surface area contributed by atoms with Gasteiger partial charge < -0.3 is 14.2 Å². The van der Waals surface area contributed by atoms with Crippen LogP contribution < -0.4 is 0 Å². The van der Waals surface area contributed by atoms with E-state index in [0.717, 1.165) is 83.5 Å². The zero-order valence-corrected chi connectivity index (χ0v) is 55.0. The maximum Gasteiger partial charge on any atom is 0.306 e. The molecule has 0 saturated heterocycles. The Bertz CT molecular complexity index is 1460. The van der Waals surface area contributed by atoms with Gasteiger partial charge in [0.15, 0.2) is 6.10 Å². The number of unbranched alkanes of at least 4 members (excludes halogenated alkanes) is 46. The van der Waals surface area contributed by atoms with Crippen LogP contribution in [0.3, 0.4) is 0 Å². The van der Waals surface area contributed by atoms with Gasteiger partial charge in [0.05, 0.1) is 0 Å². The van der Waals surface area contributed by atoms with E-state index in [1.807, 2.05) is 0 Å². The first-order valence-corrected chi connectivity index (χ1v) is 36.3. The van der Waals surface area contributed by atoms with Crippen LogP contribution in [0.25, 0.3) is 0 Å². The lowest BCUT2D eigenvalue weighted by atomic mass is 10.0. The zero-order chi connectivity index (χ0) is 59.2. The molecule has 0 aromatic rings. The Morgan fingerprint density at radius 1 is 0.256 bits per heavy atom. The molecule has 0 rings (SSSR count). The van der Waals surface area contributed by atoms with E-state index in [-0.39, 0.29) is 31.1 Å². The van der Waals surface area contributed by atoms with Crippen molar-refractivity contribution in [2.24, 2.45) is 0 Å². The summed E-state index contributed by atoms with van der Waals surface area (Å²) in [7, 11) is 0. The number of hydrogen-bond donors (Lipinski definition) is 0. The number of carbonyl (C=O) groups excluding carboxylic acids is 3. The largest absolute Gasteiger partial charge is 0.462 e. The van der Waals surface area contributed by atoms with Crippen LogP contribution in [0.15, 0.2) is 60.8 Å². The third kappa shape index (κ3) is 67.9. The fourth-order valence-electron chi connectivity index (χ4n) is 10.8. The van der Waals surface area contributed by atoms with E-state index < -0.39 is 6.10 Å². The molecule has 0 saturated carbocycles. The molecule has 6 nitrogen and oxygen atoms in total. The maximum atomic E-state index is 13.0. The van der Waals surface area contributed by atoms with E-state index in [9.17, 15) is 14.4 Å². The minimum Gasteiger partial charge on any atom is -0.462 e. The summed E-state index contributed by atoms with van der Waals surface area (Å²) >= 11 is 0. The normalized spacial score (nSPS) is 12.4. The molecule has 0 radical (unpaired) electrons. The van der Waals surface area contributed by atoms with Gasteiger partial charge in [-0.15, -0.1) is 0 Å². The van der Waals surface area contributed by atoms with E-state index in [4.69, 9.17) is 14.2 Å². The molecular weight excluding hydrogens is 1010 g/mol. The summed E-state index contributed by atoms with van der Waals surface area (Å²) in [6.45, 7) is 6.56. The second kappa shape index (κ2) is 70.6. The Morgan fingerprint density at radius 2 is 0.476 bits per heavy atom. The van der Waals surface area contributed by atoms with Gasteiger partial charge in [-0.3, -0.25) is 14.4 Å². The highest BCUT2D eigenvalue weighted by Gasteiger charge is 2.19. The summed E-state index contributed by atoms with van der Waals surface area (Å²) in [6.07, 6.45) is 91.3. The van der Waals surface area contributed by atoms with Gasteiger partial charge in [0.2, 0.25) is 0 Å². The van der Waals surface area contributed by atoms with Gasteiger partial charge in [0.25, 0.3) is 0 Å². The molecule has 0 fully saturated rings. The summed E-state index contributed by atoms with van der Waals surface area (Å²) in [6, 6.07) is 0. The Morgan fingerprint density at radius 3 is 0.780 bits per heavy atom. The van der Waals surface area contributed by atoms with Gasteiger partial charge in [-0.05, 0) is 83.5 Å². The molecule has 0 N–H and O–H groups in total. The summed E-state index contributed by atoms with van der Waals surface area (Å²) in [5.74, 6) is -0.903. The molecule has 0 spiro atoms. The van der Waals surface area contributed by atoms with Crippen molar-refractivity contribution in [3.8, 4) is 0 Å². The van der Waals surface area contributed by atoms with E-state index in [2.05, 4.69) is 81.5 Å². The lowest BCUT2D eigenvalue weighted by Gasteiger charge is -2.18. The Labute approximate surface area is 510 Å².